The van der Waals surface area contributed by atoms with E-state index in [4.69, 9.17) is 22.1 Å². The number of ketones is 1. The third-order valence-corrected chi connectivity index (χ3v) is 4.67. The van der Waals surface area contributed by atoms with Crippen molar-refractivity contribution in [2.45, 2.75) is 6.10 Å². The van der Waals surface area contributed by atoms with E-state index in [1.807, 2.05) is 18.2 Å². The number of hydrogen-bond acceptors (Lipinski definition) is 5. The van der Waals surface area contributed by atoms with Crippen LogP contribution in [-0.2, 0) is 4.79 Å². The number of amides is 1. The van der Waals surface area contributed by atoms with Crippen LogP contribution >= 0.6 is 11.6 Å². The highest BCUT2D eigenvalue weighted by molar-refractivity contribution is 6.30. The first-order chi connectivity index (χ1) is 13.5. The molecule has 1 aliphatic heterocycles. The molecule has 0 saturated carbocycles. The molecular formula is C21H16ClN3O3. The maximum Gasteiger partial charge on any atom is 0.274 e. The summed E-state index contributed by atoms with van der Waals surface area (Å²) in [5.74, 6) is 0.247. The number of benzene rings is 2. The summed E-state index contributed by atoms with van der Waals surface area (Å²) in [5, 5.41) is 0.530. The summed E-state index contributed by atoms with van der Waals surface area (Å²) in [5.41, 5.74) is 6.93. The summed E-state index contributed by atoms with van der Waals surface area (Å²) in [7, 11) is 0. The highest BCUT2D eigenvalue weighted by Gasteiger charge is 2.37. The van der Waals surface area contributed by atoms with Crippen molar-refractivity contribution in [2.75, 3.05) is 17.2 Å². The first-order valence-electron chi connectivity index (χ1n) is 8.61. The molecule has 1 unspecified atom stereocenters. The van der Waals surface area contributed by atoms with Crippen LogP contribution in [0.15, 0.2) is 66.7 Å². The van der Waals surface area contributed by atoms with Gasteiger partial charge in [0.05, 0.1) is 6.54 Å². The number of carbonyl (C=O) groups is 2. The Morgan fingerprint density at radius 3 is 2.50 bits per heavy atom. The van der Waals surface area contributed by atoms with E-state index in [0.717, 1.165) is 0 Å². The SMILES string of the molecule is Nc1ccc2c(n1)N(CC(=O)c1ccc(Cl)cc1)C(=O)C(c1ccccc1)O2. The van der Waals surface area contributed by atoms with E-state index in [1.165, 1.54) is 4.90 Å². The van der Waals surface area contributed by atoms with Crippen LogP contribution in [0.3, 0.4) is 0 Å². The van der Waals surface area contributed by atoms with Gasteiger partial charge in [0.25, 0.3) is 5.91 Å². The van der Waals surface area contributed by atoms with Crippen molar-refractivity contribution in [3.05, 3.63) is 82.9 Å². The highest BCUT2D eigenvalue weighted by Crippen LogP contribution is 2.38. The first-order valence-corrected chi connectivity index (χ1v) is 8.99. The highest BCUT2D eigenvalue weighted by atomic mass is 35.5. The minimum Gasteiger partial charge on any atom is -0.472 e. The lowest BCUT2D eigenvalue weighted by Crippen LogP contribution is -2.44. The molecule has 0 spiro atoms. The van der Waals surface area contributed by atoms with Gasteiger partial charge in [-0.3, -0.25) is 14.5 Å². The molecule has 0 radical (unpaired) electrons. The van der Waals surface area contributed by atoms with E-state index < -0.39 is 6.10 Å². The molecule has 0 saturated heterocycles. The van der Waals surface area contributed by atoms with Gasteiger partial charge in [-0.1, -0.05) is 41.9 Å². The van der Waals surface area contributed by atoms with Crippen LogP contribution in [0.5, 0.6) is 5.75 Å². The molecule has 0 aliphatic carbocycles. The maximum absolute atomic E-state index is 13.2. The molecule has 1 atom stereocenters. The number of halogens is 1. The molecule has 0 bridgehead atoms. The van der Waals surface area contributed by atoms with Crippen molar-refractivity contribution in [1.29, 1.82) is 0 Å². The van der Waals surface area contributed by atoms with Crippen molar-refractivity contribution in [2.24, 2.45) is 0 Å². The Bertz CT molecular complexity index is 1040. The number of hydrogen-bond donors (Lipinski definition) is 1. The van der Waals surface area contributed by atoms with E-state index in [-0.39, 0.29) is 29.9 Å². The van der Waals surface area contributed by atoms with Crippen molar-refractivity contribution in [3.8, 4) is 5.75 Å². The average Bonchev–Trinajstić information content (AvgIpc) is 2.71. The quantitative estimate of drug-likeness (QED) is 0.683. The van der Waals surface area contributed by atoms with E-state index in [9.17, 15) is 9.59 Å². The molecule has 0 fully saturated rings. The first kappa shape index (κ1) is 18.0. The minimum absolute atomic E-state index is 0.184. The zero-order chi connectivity index (χ0) is 19.7. The van der Waals surface area contributed by atoms with Crippen LogP contribution < -0.4 is 15.4 Å². The van der Waals surface area contributed by atoms with E-state index in [0.29, 0.717) is 21.9 Å². The Balaban J connectivity index is 1.71. The normalized spacial score (nSPS) is 15.7. The second-order valence-electron chi connectivity index (χ2n) is 6.32. The molecule has 140 valence electrons. The average molecular weight is 394 g/mol. The number of pyridine rings is 1. The van der Waals surface area contributed by atoms with Crippen molar-refractivity contribution in [1.82, 2.24) is 4.98 Å². The van der Waals surface area contributed by atoms with Crippen molar-refractivity contribution >= 4 is 34.9 Å². The predicted octanol–water partition coefficient (Wildman–Crippen LogP) is 3.67. The smallest absolute Gasteiger partial charge is 0.274 e. The molecule has 2 N–H and O–H groups in total. The molecule has 7 heteroatoms. The number of fused-ring (bicyclic) bond motifs is 1. The van der Waals surface area contributed by atoms with Crippen LogP contribution in [0.2, 0.25) is 5.02 Å². The number of ether oxygens (including phenoxy) is 1. The van der Waals surface area contributed by atoms with Crippen LogP contribution in [-0.4, -0.2) is 23.2 Å². The number of nitrogen functional groups attached to an aromatic ring is 1. The number of carbonyl (C=O) groups excluding carboxylic acids is 2. The van der Waals surface area contributed by atoms with E-state index in [2.05, 4.69) is 4.98 Å². The van der Waals surface area contributed by atoms with Crippen LogP contribution in [0.4, 0.5) is 11.6 Å². The van der Waals surface area contributed by atoms with Gasteiger partial charge in [0.1, 0.15) is 5.82 Å². The van der Waals surface area contributed by atoms with Gasteiger partial charge < -0.3 is 10.5 Å². The van der Waals surface area contributed by atoms with Crippen LogP contribution in [0, 0.1) is 0 Å². The number of anilines is 2. The van der Waals surface area contributed by atoms with Gasteiger partial charge in [-0.15, -0.1) is 0 Å². The number of nitrogens with zero attached hydrogens (tertiary/aromatic N) is 2. The largest absolute Gasteiger partial charge is 0.472 e. The molecular weight excluding hydrogens is 378 g/mol. The minimum atomic E-state index is -0.864. The Labute approximate surface area is 166 Å². The summed E-state index contributed by atoms with van der Waals surface area (Å²) in [6.07, 6.45) is -0.864. The molecule has 3 aromatic rings. The third-order valence-electron chi connectivity index (χ3n) is 4.42. The fourth-order valence-electron chi connectivity index (χ4n) is 3.02. The molecule has 6 nitrogen and oxygen atoms in total. The summed E-state index contributed by atoms with van der Waals surface area (Å²) < 4.78 is 5.88. The summed E-state index contributed by atoms with van der Waals surface area (Å²) in [6.45, 7) is -0.184. The number of Topliss-reactive ketones (excluding diaryl/α,β-unsaturated/α-hetero) is 1. The fourth-order valence-corrected chi connectivity index (χ4v) is 3.15. The molecule has 2 aromatic carbocycles. The monoisotopic (exact) mass is 393 g/mol. The topological polar surface area (TPSA) is 85.5 Å². The molecule has 28 heavy (non-hydrogen) atoms. The fraction of sp³-hybridized carbons (Fsp3) is 0.0952. The summed E-state index contributed by atoms with van der Waals surface area (Å²) >= 11 is 5.89. The summed E-state index contributed by atoms with van der Waals surface area (Å²) in [6, 6.07) is 18.9. The molecule has 1 aromatic heterocycles. The van der Waals surface area contributed by atoms with Crippen LogP contribution in [0.1, 0.15) is 22.0 Å². The van der Waals surface area contributed by atoms with Crippen molar-refractivity contribution in [3.63, 3.8) is 0 Å². The Morgan fingerprint density at radius 2 is 1.79 bits per heavy atom. The predicted molar refractivity (Wildman–Crippen MR) is 107 cm³/mol. The van der Waals surface area contributed by atoms with E-state index in [1.54, 1.807) is 48.5 Å². The van der Waals surface area contributed by atoms with Gasteiger partial charge in [0, 0.05) is 16.1 Å². The number of aromatic nitrogens is 1. The lowest BCUT2D eigenvalue weighted by Gasteiger charge is -2.33. The third kappa shape index (κ3) is 3.42. The van der Waals surface area contributed by atoms with Gasteiger partial charge in [-0.05, 0) is 36.4 Å². The molecule has 2 heterocycles. The zero-order valence-electron chi connectivity index (χ0n) is 14.7. The molecule has 4 rings (SSSR count). The van der Waals surface area contributed by atoms with Gasteiger partial charge in [0.15, 0.2) is 17.4 Å². The number of rotatable bonds is 4. The lowest BCUT2D eigenvalue weighted by molar-refractivity contribution is -0.126. The summed E-state index contributed by atoms with van der Waals surface area (Å²) in [4.78, 5) is 31.5. The number of nitrogens with two attached hydrogens (primary N) is 1. The van der Waals surface area contributed by atoms with Crippen LogP contribution in [0.25, 0.3) is 0 Å². The standard InChI is InChI=1S/C21H16ClN3O3/c22-15-8-6-13(7-9-15)16(26)12-25-20-17(10-11-18(23)24-20)28-19(21(25)27)14-4-2-1-3-5-14/h1-11,19H,12H2,(H2,23,24). The van der Waals surface area contributed by atoms with Gasteiger partial charge in [0.2, 0.25) is 6.10 Å². The Kier molecular flexibility index (Phi) is 4.71. The second-order valence-corrected chi connectivity index (χ2v) is 6.76. The zero-order valence-corrected chi connectivity index (χ0v) is 15.5. The Hall–Kier alpha value is -3.38. The lowest BCUT2D eigenvalue weighted by atomic mass is 10.1. The van der Waals surface area contributed by atoms with Gasteiger partial charge >= 0.3 is 0 Å². The second kappa shape index (κ2) is 7.32. The maximum atomic E-state index is 13.2. The van der Waals surface area contributed by atoms with Gasteiger partial charge in [-0.2, -0.15) is 0 Å². The molecule has 1 amide bonds. The Morgan fingerprint density at radius 1 is 1.07 bits per heavy atom. The van der Waals surface area contributed by atoms with Crippen molar-refractivity contribution < 1.29 is 14.3 Å². The van der Waals surface area contributed by atoms with Gasteiger partial charge in [-0.25, -0.2) is 4.98 Å². The van der Waals surface area contributed by atoms with E-state index >= 15 is 0 Å². The molecule has 1 aliphatic rings.